The summed E-state index contributed by atoms with van der Waals surface area (Å²) in [7, 11) is 0. The molecule has 1 aromatic heterocycles. The molecular formula is C10H19N3O. The summed E-state index contributed by atoms with van der Waals surface area (Å²) < 4.78 is 1.86. The summed E-state index contributed by atoms with van der Waals surface area (Å²) in [4.78, 5) is 0. The van der Waals surface area contributed by atoms with Crippen molar-refractivity contribution in [1.82, 2.24) is 9.78 Å². The Morgan fingerprint density at radius 1 is 1.57 bits per heavy atom. The van der Waals surface area contributed by atoms with Crippen molar-refractivity contribution in [2.75, 3.05) is 6.54 Å². The molecule has 0 aliphatic heterocycles. The third kappa shape index (κ3) is 3.12. The Kier molecular flexibility index (Phi) is 4.10. The molecular weight excluding hydrogens is 178 g/mol. The Labute approximate surface area is 84.7 Å². The largest absolute Gasteiger partial charge is 0.388 e. The van der Waals surface area contributed by atoms with Gasteiger partial charge in [-0.15, -0.1) is 0 Å². The van der Waals surface area contributed by atoms with Crippen molar-refractivity contribution in [3.63, 3.8) is 0 Å². The second kappa shape index (κ2) is 5.12. The highest BCUT2D eigenvalue weighted by molar-refractivity contribution is 5.07. The molecule has 1 atom stereocenters. The Morgan fingerprint density at radius 3 is 2.86 bits per heavy atom. The average molecular weight is 197 g/mol. The van der Waals surface area contributed by atoms with Gasteiger partial charge in [-0.05, 0) is 18.9 Å². The predicted molar refractivity (Wildman–Crippen MR) is 55.7 cm³/mol. The van der Waals surface area contributed by atoms with Crippen LogP contribution in [-0.4, -0.2) is 21.4 Å². The minimum absolute atomic E-state index is 0.471. The summed E-state index contributed by atoms with van der Waals surface area (Å²) >= 11 is 0. The first kappa shape index (κ1) is 11.2. The number of aromatic nitrogens is 2. The van der Waals surface area contributed by atoms with Gasteiger partial charge in [0.25, 0.3) is 0 Å². The standard InChI is InChI=1S/C10H19N3O/c1-8(2)6-13-7-9(5-12-13)10(14)3-4-11/h5,7-8,10,14H,3-4,6,11H2,1-2H3. The smallest absolute Gasteiger partial charge is 0.0832 e. The van der Waals surface area contributed by atoms with Gasteiger partial charge in [0.2, 0.25) is 0 Å². The van der Waals surface area contributed by atoms with Crippen LogP contribution >= 0.6 is 0 Å². The van der Waals surface area contributed by atoms with Crippen LogP contribution in [0, 0.1) is 5.92 Å². The van der Waals surface area contributed by atoms with Gasteiger partial charge in [0.1, 0.15) is 0 Å². The third-order valence-electron chi connectivity index (χ3n) is 2.03. The molecule has 1 rings (SSSR count). The molecule has 0 saturated heterocycles. The van der Waals surface area contributed by atoms with Crippen molar-refractivity contribution in [2.45, 2.75) is 32.9 Å². The number of hydrogen-bond acceptors (Lipinski definition) is 3. The maximum absolute atomic E-state index is 9.63. The Morgan fingerprint density at radius 2 is 2.29 bits per heavy atom. The fourth-order valence-corrected chi connectivity index (χ4v) is 1.35. The zero-order valence-corrected chi connectivity index (χ0v) is 8.85. The van der Waals surface area contributed by atoms with Crippen molar-refractivity contribution in [3.05, 3.63) is 18.0 Å². The van der Waals surface area contributed by atoms with E-state index in [9.17, 15) is 5.11 Å². The third-order valence-corrected chi connectivity index (χ3v) is 2.03. The van der Waals surface area contributed by atoms with E-state index in [0.717, 1.165) is 12.1 Å². The molecule has 3 N–H and O–H groups in total. The molecule has 0 aliphatic carbocycles. The topological polar surface area (TPSA) is 64.1 Å². The number of nitrogens with two attached hydrogens (primary N) is 1. The number of rotatable bonds is 5. The highest BCUT2D eigenvalue weighted by Crippen LogP contribution is 2.14. The zero-order chi connectivity index (χ0) is 10.6. The number of aliphatic hydroxyl groups excluding tert-OH is 1. The molecule has 1 unspecified atom stereocenters. The lowest BCUT2D eigenvalue weighted by atomic mass is 10.1. The van der Waals surface area contributed by atoms with Crippen molar-refractivity contribution in [3.8, 4) is 0 Å². The fourth-order valence-electron chi connectivity index (χ4n) is 1.35. The summed E-state index contributed by atoms with van der Waals surface area (Å²) in [6, 6.07) is 0. The van der Waals surface area contributed by atoms with E-state index in [0.29, 0.717) is 18.9 Å². The maximum atomic E-state index is 9.63. The fraction of sp³-hybridized carbons (Fsp3) is 0.700. The van der Waals surface area contributed by atoms with E-state index in [-0.39, 0.29) is 0 Å². The van der Waals surface area contributed by atoms with Crippen LogP contribution in [0.1, 0.15) is 31.9 Å². The van der Waals surface area contributed by atoms with Crippen LogP contribution in [-0.2, 0) is 6.54 Å². The molecule has 0 fully saturated rings. The van der Waals surface area contributed by atoms with Crippen molar-refractivity contribution < 1.29 is 5.11 Å². The van der Waals surface area contributed by atoms with E-state index in [1.54, 1.807) is 6.20 Å². The molecule has 1 heterocycles. The highest BCUT2D eigenvalue weighted by Gasteiger charge is 2.09. The number of hydrogen-bond donors (Lipinski definition) is 2. The summed E-state index contributed by atoms with van der Waals surface area (Å²) in [6.45, 7) is 5.65. The van der Waals surface area contributed by atoms with E-state index in [1.165, 1.54) is 0 Å². The first-order valence-corrected chi connectivity index (χ1v) is 5.04. The van der Waals surface area contributed by atoms with Crippen molar-refractivity contribution in [1.29, 1.82) is 0 Å². The Bertz CT molecular complexity index is 270. The molecule has 0 aliphatic rings. The number of aliphatic hydroxyl groups is 1. The van der Waals surface area contributed by atoms with Crippen molar-refractivity contribution >= 4 is 0 Å². The van der Waals surface area contributed by atoms with Crippen LogP contribution in [0.4, 0.5) is 0 Å². The summed E-state index contributed by atoms with van der Waals surface area (Å²) in [6.07, 6.45) is 3.72. The van der Waals surface area contributed by atoms with Crippen molar-refractivity contribution in [2.24, 2.45) is 11.7 Å². The van der Waals surface area contributed by atoms with Gasteiger partial charge in [0.05, 0.1) is 12.3 Å². The van der Waals surface area contributed by atoms with E-state index >= 15 is 0 Å². The molecule has 0 amide bonds. The summed E-state index contributed by atoms with van der Waals surface area (Å²) in [5.41, 5.74) is 6.22. The van der Waals surface area contributed by atoms with Gasteiger partial charge >= 0.3 is 0 Å². The SMILES string of the molecule is CC(C)Cn1cc(C(O)CCN)cn1. The normalized spacial score (nSPS) is 13.5. The second-order valence-electron chi connectivity index (χ2n) is 3.98. The lowest BCUT2D eigenvalue weighted by molar-refractivity contribution is 0.170. The molecule has 0 bridgehead atoms. The molecule has 4 heteroatoms. The van der Waals surface area contributed by atoms with E-state index in [4.69, 9.17) is 5.73 Å². The van der Waals surface area contributed by atoms with Crippen LogP contribution in [0.25, 0.3) is 0 Å². The molecule has 80 valence electrons. The lowest BCUT2D eigenvalue weighted by Crippen LogP contribution is -2.06. The first-order valence-electron chi connectivity index (χ1n) is 5.04. The zero-order valence-electron chi connectivity index (χ0n) is 8.85. The van der Waals surface area contributed by atoms with E-state index in [1.807, 2.05) is 10.9 Å². The Balaban J connectivity index is 2.58. The summed E-state index contributed by atoms with van der Waals surface area (Å²) in [5.74, 6) is 0.564. The summed E-state index contributed by atoms with van der Waals surface area (Å²) in [5, 5.41) is 13.8. The van der Waals surface area contributed by atoms with Gasteiger partial charge in [0, 0.05) is 18.3 Å². The van der Waals surface area contributed by atoms with Crippen LogP contribution in [0.3, 0.4) is 0 Å². The van der Waals surface area contributed by atoms with Gasteiger partial charge in [-0.25, -0.2) is 0 Å². The van der Waals surface area contributed by atoms with Crippen LogP contribution < -0.4 is 5.73 Å². The first-order chi connectivity index (χ1) is 6.63. The molecule has 4 nitrogen and oxygen atoms in total. The van der Waals surface area contributed by atoms with Crippen LogP contribution in [0.2, 0.25) is 0 Å². The monoisotopic (exact) mass is 197 g/mol. The Hall–Kier alpha value is -0.870. The minimum Gasteiger partial charge on any atom is -0.388 e. The second-order valence-corrected chi connectivity index (χ2v) is 3.98. The molecule has 0 aromatic carbocycles. The van der Waals surface area contributed by atoms with Crippen LogP contribution in [0.5, 0.6) is 0 Å². The van der Waals surface area contributed by atoms with Gasteiger partial charge in [-0.1, -0.05) is 13.8 Å². The quantitative estimate of drug-likeness (QED) is 0.737. The average Bonchev–Trinajstić information content (AvgIpc) is 2.52. The lowest BCUT2D eigenvalue weighted by Gasteiger charge is -2.06. The maximum Gasteiger partial charge on any atom is 0.0832 e. The van der Waals surface area contributed by atoms with Gasteiger partial charge in [0.15, 0.2) is 0 Å². The minimum atomic E-state index is -0.471. The van der Waals surface area contributed by atoms with Gasteiger partial charge < -0.3 is 10.8 Å². The van der Waals surface area contributed by atoms with Crippen LogP contribution in [0.15, 0.2) is 12.4 Å². The van der Waals surface area contributed by atoms with E-state index in [2.05, 4.69) is 18.9 Å². The molecule has 1 aromatic rings. The predicted octanol–water partition coefficient (Wildman–Crippen LogP) is 0.921. The van der Waals surface area contributed by atoms with Gasteiger partial charge in [-0.2, -0.15) is 5.10 Å². The molecule has 0 saturated carbocycles. The highest BCUT2D eigenvalue weighted by atomic mass is 16.3. The molecule has 0 spiro atoms. The van der Waals surface area contributed by atoms with E-state index < -0.39 is 6.10 Å². The molecule has 14 heavy (non-hydrogen) atoms. The number of nitrogens with zero attached hydrogens (tertiary/aromatic N) is 2. The molecule has 0 radical (unpaired) electrons. The van der Waals surface area contributed by atoms with Gasteiger partial charge in [-0.3, -0.25) is 4.68 Å².